The minimum absolute atomic E-state index is 0.0116. The summed E-state index contributed by atoms with van der Waals surface area (Å²) in [5.74, 6) is -0.636. The van der Waals surface area contributed by atoms with Crippen LogP contribution in [0.25, 0.3) is 11.4 Å². The summed E-state index contributed by atoms with van der Waals surface area (Å²) in [5, 5.41) is 15.9. The number of halogens is 3. The number of carbonyl (C=O) groups is 1. The number of phenols is 1. The van der Waals surface area contributed by atoms with E-state index in [0.717, 1.165) is 18.6 Å². The SMILES string of the molecule is CC(C)(C)OC(=O)NCN1CCC[C@H]1c1nc(-c2ccc(O)c(C(F)(F)F)c2)no1. The van der Waals surface area contributed by atoms with Crippen LogP contribution in [0.3, 0.4) is 0 Å². The molecule has 1 atom stereocenters. The number of aromatic hydroxyl groups is 1. The molecule has 1 saturated heterocycles. The summed E-state index contributed by atoms with van der Waals surface area (Å²) >= 11 is 0. The smallest absolute Gasteiger partial charge is 0.419 e. The van der Waals surface area contributed by atoms with Gasteiger partial charge in [0.05, 0.1) is 18.3 Å². The molecular weight excluding hydrogens is 405 g/mol. The van der Waals surface area contributed by atoms with E-state index in [4.69, 9.17) is 9.26 Å². The van der Waals surface area contributed by atoms with Gasteiger partial charge in [0.2, 0.25) is 11.7 Å². The highest BCUT2D eigenvalue weighted by molar-refractivity contribution is 5.67. The number of phenolic OH excluding ortho intramolecular Hbond substituents is 1. The van der Waals surface area contributed by atoms with Crippen molar-refractivity contribution in [2.75, 3.05) is 13.2 Å². The van der Waals surface area contributed by atoms with E-state index in [9.17, 15) is 23.1 Å². The van der Waals surface area contributed by atoms with E-state index in [-0.39, 0.29) is 30.0 Å². The molecule has 0 radical (unpaired) electrons. The highest BCUT2D eigenvalue weighted by atomic mass is 19.4. The minimum Gasteiger partial charge on any atom is -0.507 e. The molecule has 2 heterocycles. The second kappa shape index (κ2) is 8.13. The van der Waals surface area contributed by atoms with E-state index >= 15 is 0 Å². The molecule has 11 heteroatoms. The van der Waals surface area contributed by atoms with Crippen molar-refractivity contribution in [2.24, 2.45) is 0 Å². The first-order valence-electron chi connectivity index (χ1n) is 9.39. The number of amides is 1. The van der Waals surface area contributed by atoms with Crippen LogP contribution in [-0.4, -0.2) is 45.1 Å². The van der Waals surface area contributed by atoms with Crippen molar-refractivity contribution < 1.29 is 32.3 Å². The van der Waals surface area contributed by atoms with E-state index in [1.54, 1.807) is 20.8 Å². The maximum Gasteiger partial charge on any atom is 0.419 e. The summed E-state index contributed by atoms with van der Waals surface area (Å²) in [4.78, 5) is 18.0. The van der Waals surface area contributed by atoms with Crippen molar-refractivity contribution in [3.05, 3.63) is 29.7 Å². The number of likely N-dealkylation sites (tertiary alicyclic amines) is 1. The molecular formula is C19H23F3N4O4. The Kier molecular flexibility index (Phi) is 5.93. The second-order valence-electron chi connectivity index (χ2n) is 7.99. The largest absolute Gasteiger partial charge is 0.507 e. The minimum atomic E-state index is -4.71. The average molecular weight is 428 g/mol. The number of hydrogen-bond donors (Lipinski definition) is 2. The van der Waals surface area contributed by atoms with Gasteiger partial charge in [-0.05, 0) is 51.8 Å². The Morgan fingerprint density at radius 2 is 2.10 bits per heavy atom. The zero-order valence-electron chi connectivity index (χ0n) is 16.8. The quantitative estimate of drug-likeness (QED) is 0.757. The van der Waals surface area contributed by atoms with Gasteiger partial charge in [0.1, 0.15) is 11.4 Å². The molecule has 164 valence electrons. The van der Waals surface area contributed by atoms with E-state index in [2.05, 4.69) is 15.5 Å². The van der Waals surface area contributed by atoms with Crippen LogP contribution in [0, 0.1) is 0 Å². The summed E-state index contributed by atoms with van der Waals surface area (Å²) < 4.78 is 49.6. The number of rotatable bonds is 4. The molecule has 1 aromatic heterocycles. The van der Waals surface area contributed by atoms with Crippen LogP contribution in [0.5, 0.6) is 5.75 Å². The molecule has 1 fully saturated rings. The lowest BCUT2D eigenvalue weighted by Crippen LogP contribution is -2.40. The van der Waals surface area contributed by atoms with Gasteiger partial charge in [-0.25, -0.2) is 4.79 Å². The fraction of sp³-hybridized carbons (Fsp3) is 0.526. The van der Waals surface area contributed by atoms with Crippen LogP contribution >= 0.6 is 0 Å². The average Bonchev–Trinajstić information content (AvgIpc) is 3.27. The van der Waals surface area contributed by atoms with Gasteiger partial charge in [-0.1, -0.05) is 5.16 Å². The van der Waals surface area contributed by atoms with Gasteiger partial charge < -0.3 is 19.7 Å². The van der Waals surface area contributed by atoms with Crippen LogP contribution in [0.15, 0.2) is 22.7 Å². The fourth-order valence-corrected chi connectivity index (χ4v) is 3.17. The van der Waals surface area contributed by atoms with Crippen molar-refractivity contribution in [1.29, 1.82) is 0 Å². The van der Waals surface area contributed by atoms with Crippen LogP contribution in [0.2, 0.25) is 0 Å². The predicted octanol–water partition coefficient (Wildman–Crippen LogP) is 4.08. The van der Waals surface area contributed by atoms with Crippen molar-refractivity contribution in [2.45, 2.75) is 51.4 Å². The number of nitrogens with zero attached hydrogens (tertiary/aromatic N) is 3. The number of benzene rings is 1. The first kappa shape index (κ1) is 21.9. The van der Waals surface area contributed by atoms with E-state index in [1.807, 2.05) is 4.90 Å². The molecule has 3 rings (SSSR count). The highest BCUT2D eigenvalue weighted by Crippen LogP contribution is 2.38. The lowest BCUT2D eigenvalue weighted by atomic mass is 10.1. The van der Waals surface area contributed by atoms with Gasteiger partial charge in [-0.3, -0.25) is 4.90 Å². The lowest BCUT2D eigenvalue weighted by Gasteiger charge is -2.24. The van der Waals surface area contributed by atoms with E-state index in [1.165, 1.54) is 6.07 Å². The molecule has 0 aliphatic carbocycles. The normalized spacial score (nSPS) is 17.9. The van der Waals surface area contributed by atoms with Crippen molar-refractivity contribution in [3.63, 3.8) is 0 Å². The number of hydrogen-bond acceptors (Lipinski definition) is 7. The molecule has 2 aromatic rings. The Morgan fingerprint density at radius 1 is 1.37 bits per heavy atom. The zero-order chi connectivity index (χ0) is 22.1. The summed E-state index contributed by atoms with van der Waals surface area (Å²) in [7, 11) is 0. The molecule has 0 spiro atoms. The van der Waals surface area contributed by atoms with Crippen molar-refractivity contribution in [3.8, 4) is 17.1 Å². The van der Waals surface area contributed by atoms with E-state index in [0.29, 0.717) is 13.0 Å². The van der Waals surface area contributed by atoms with Crippen LogP contribution in [-0.2, 0) is 10.9 Å². The summed E-state index contributed by atoms with van der Waals surface area (Å²) in [6.07, 6.45) is -3.73. The Balaban J connectivity index is 1.72. The Labute approximate surface area is 171 Å². The Morgan fingerprint density at radius 3 is 2.77 bits per heavy atom. The van der Waals surface area contributed by atoms with Crippen LogP contribution in [0.1, 0.15) is 51.1 Å². The highest BCUT2D eigenvalue weighted by Gasteiger charge is 2.35. The van der Waals surface area contributed by atoms with Crippen molar-refractivity contribution in [1.82, 2.24) is 20.4 Å². The summed E-state index contributed by atoms with van der Waals surface area (Å²) in [6, 6.07) is 2.73. The third-order valence-corrected chi connectivity index (χ3v) is 4.48. The van der Waals surface area contributed by atoms with Crippen molar-refractivity contribution >= 4 is 6.09 Å². The number of aromatic nitrogens is 2. The number of alkyl carbamates (subject to hydrolysis) is 1. The molecule has 1 aromatic carbocycles. The van der Waals surface area contributed by atoms with Crippen LogP contribution in [0.4, 0.5) is 18.0 Å². The molecule has 0 bridgehead atoms. The molecule has 1 amide bonds. The molecule has 30 heavy (non-hydrogen) atoms. The summed E-state index contributed by atoms with van der Waals surface area (Å²) in [5.41, 5.74) is -1.71. The lowest BCUT2D eigenvalue weighted by molar-refractivity contribution is -0.138. The molecule has 0 saturated carbocycles. The first-order chi connectivity index (χ1) is 13.9. The fourth-order valence-electron chi connectivity index (χ4n) is 3.17. The van der Waals surface area contributed by atoms with Gasteiger partial charge in [0.25, 0.3) is 0 Å². The molecule has 2 N–H and O–H groups in total. The maximum atomic E-state index is 13.0. The molecule has 1 aliphatic rings. The zero-order valence-corrected chi connectivity index (χ0v) is 16.8. The molecule has 8 nitrogen and oxygen atoms in total. The topological polar surface area (TPSA) is 101 Å². The van der Waals surface area contributed by atoms with E-state index < -0.39 is 29.2 Å². The third-order valence-electron chi connectivity index (χ3n) is 4.48. The molecule has 1 aliphatic heterocycles. The second-order valence-corrected chi connectivity index (χ2v) is 7.99. The van der Waals surface area contributed by atoms with Crippen LogP contribution < -0.4 is 5.32 Å². The van der Waals surface area contributed by atoms with Gasteiger partial charge in [-0.15, -0.1) is 0 Å². The Bertz CT molecular complexity index is 908. The Hall–Kier alpha value is -2.82. The number of nitrogens with one attached hydrogen (secondary N) is 1. The summed E-state index contributed by atoms with van der Waals surface area (Å²) in [6.45, 7) is 6.17. The van der Waals surface area contributed by atoms with Gasteiger partial charge >= 0.3 is 12.3 Å². The predicted molar refractivity (Wildman–Crippen MR) is 99.3 cm³/mol. The number of carbonyl (C=O) groups excluding carboxylic acids is 1. The number of ether oxygens (including phenoxy) is 1. The number of alkyl halides is 3. The third kappa shape index (κ3) is 5.21. The standard InChI is InChI=1S/C19H23F3N4O4/c1-18(2,3)29-17(28)23-10-26-8-4-5-13(26)16-24-15(25-30-16)11-6-7-14(27)12(9-11)19(20,21)22/h6-7,9,13,27H,4-5,8,10H2,1-3H3,(H,23,28)/t13-/m0/s1. The molecule has 0 unspecified atom stereocenters. The van der Waals surface area contributed by atoms with Gasteiger partial charge in [-0.2, -0.15) is 18.2 Å². The van der Waals surface area contributed by atoms with Gasteiger partial charge in [0, 0.05) is 12.1 Å². The van der Waals surface area contributed by atoms with Gasteiger partial charge in [0.15, 0.2) is 0 Å². The first-order valence-corrected chi connectivity index (χ1v) is 9.39. The monoisotopic (exact) mass is 428 g/mol. The maximum absolute atomic E-state index is 13.0.